The number of hydrogen-bond donors (Lipinski definition) is 2. The topological polar surface area (TPSA) is 58.2 Å². The Hall–Kier alpha value is -1.36. The molecule has 0 fully saturated rings. The van der Waals surface area contributed by atoms with Gasteiger partial charge in [-0.15, -0.1) is 0 Å². The molecule has 2 amide bonds. The molecule has 0 spiro atoms. The van der Waals surface area contributed by atoms with Gasteiger partial charge >= 0.3 is 0 Å². The number of amides is 2. The van der Waals surface area contributed by atoms with E-state index in [1.54, 1.807) is 24.3 Å². The van der Waals surface area contributed by atoms with Gasteiger partial charge in [0.15, 0.2) is 0 Å². The molecule has 17 heavy (non-hydrogen) atoms. The van der Waals surface area contributed by atoms with Gasteiger partial charge in [-0.1, -0.05) is 15.9 Å². The van der Waals surface area contributed by atoms with E-state index in [1.807, 2.05) is 13.8 Å². The van der Waals surface area contributed by atoms with Crippen molar-refractivity contribution in [2.24, 2.45) is 0 Å². The Morgan fingerprint density at radius 1 is 1.24 bits per heavy atom. The van der Waals surface area contributed by atoms with Gasteiger partial charge in [0.2, 0.25) is 5.91 Å². The van der Waals surface area contributed by atoms with Crippen LogP contribution >= 0.6 is 15.9 Å². The van der Waals surface area contributed by atoms with Crippen molar-refractivity contribution in [2.45, 2.75) is 19.9 Å². The van der Waals surface area contributed by atoms with E-state index in [2.05, 4.69) is 26.6 Å². The minimum absolute atomic E-state index is 0.107. The standard InChI is InChI=1S/C12H15BrN2O2/c1-8(2)14-12(17)9-3-5-10(6-4-9)15-11(16)7-13/h3-6,8H,7H2,1-2H3,(H,14,17)(H,15,16). The monoisotopic (exact) mass is 298 g/mol. The summed E-state index contributed by atoms with van der Waals surface area (Å²) >= 11 is 3.06. The molecule has 0 aliphatic rings. The zero-order valence-corrected chi connectivity index (χ0v) is 11.4. The Bertz CT molecular complexity index is 401. The third-order valence-electron chi connectivity index (χ3n) is 1.97. The SMILES string of the molecule is CC(C)NC(=O)c1ccc(NC(=O)CBr)cc1. The van der Waals surface area contributed by atoms with Crippen LogP contribution in [0.25, 0.3) is 0 Å². The molecular formula is C12H15BrN2O2. The quantitative estimate of drug-likeness (QED) is 0.837. The van der Waals surface area contributed by atoms with Gasteiger partial charge in [0.05, 0.1) is 5.33 Å². The van der Waals surface area contributed by atoms with Gasteiger partial charge in [-0.05, 0) is 38.1 Å². The molecule has 0 aliphatic carbocycles. The number of benzene rings is 1. The fraction of sp³-hybridized carbons (Fsp3) is 0.333. The Labute approximate surface area is 109 Å². The Balaban J connectivity index is 2.67. The number of anilines is 1. The van der Waals surface area contributed by atoms with Gasteiger partial charge in [-0.25, -0.2) is 0 Å². The summed E-state index contributed by atoms with van der Waals surface area (Å²) in [5, 5.41) is 5.73. The first-order chi connectivity index (χ1) is 8.02. The molecule has 1 aromatic carbocycles. The first kappa shape index (κ1) is 13.7. The molecule has 0 aliphatic heterocycles. The number of carbonyl (C=O) groups is 2. The van der Waals surface area contributed by atoms with Crippen LogP contribution in [0.5, 0.6) is 0 Å². The fourth-order valence-electron chi connectivity index (χ4n) is 1.24. The number of halogens is 1. The average molecular weight is 299 g/mol. The summed E-state index contributed by atoms with van der Waals surface area (Å²) in [5.74, 6) is -0.234. The summed E-state index contributed by atoms with van der Waals surface area (Å²) in [6, 6.07) is 6.88. The fourth-order valence-corrected chi connectivity index (χ4v) is 1.39. The average Bonchev–Trinajstić information content (AvgIpc) is 2.28. The lowest BCUT2D eigenvalue weighted by molar-refractivity contribution is -0.113. The first-order valence-corrected chi connectivity index (χ1v) is 6.42. The van der Waals surface area contributed by atoms with E-state index in [9.17, 15) is 9.59 Å². The lowest BCUT2D eigenvalue weighted by Gasteiger charge is -2.09. The molecule has 0 bridgehead atoms. The van der Waals surface area contributed by atoms with Crippen LogP contribution in [0.15, 0.2) is 24.3 Å². The van der Waals surface area contributed by atoms with Crippen molar-refractivity contribution in [3.8, 4) is 0 Å². The zero-order chi connectivity index (χ0) is 12.8. The van der Waals surface area contributed by atoms with Crippen LogP contribution in [-0.2, 0) is 4.79 Å². The summed E-state index contributed by atoms with van der Waals surface area (Å²) in [7, 11) is 0. The van der Waals surface area contributed by atoms with E-state index in [1.165, 1.54) is 0 Å². The van der Waals surface area contributed by atoms with Crippen molar-refractivity contribution >= 4 is 33.4 Å². The highest BCUT2D eigenvalue weighted by atomic mass is 79.9. The molecule has 0 saturated heterocycles. The van der Waals surface area contributed by atoms with E-state index < -0.39 is 0 Å². The Morgan fingerprint density at radius 2 is 1.82 bits per heavy atom. The maximum absolute atomic E-state index is 11.6. The summed E-state index contributed by atoms with van der Waals surface area (Å²) in [4.78, 5) is 22.7. The summed E-state index contributed by atoms with van der Waals surface area (Å²) in [6.45, 7) is 3.81. The molecule has 1 aromatic rings. The Kier molecular flexibility index (Phi) is 5.15. The normalized spacial score (nSPS) is 10.1. The van der Waals surface area contributed by atoms with Crippen LogP contribution in [-0.4, -0.2) is 23.2 Å². The van der Waals surface area contributed by atoms with Crippen LogP contribution in [0.2, 0.25) is 0 Å². The third-order valence-corrected chi connectivity index (χ3v) is 2.48. The van der Waals surface area contributed by atoms with Crippen molar-refractivity contribution in [1.29, 1.82) is 0 Å². The number of alkyl halides is 1. The maximum atomic E-state index is 11.6. The highest BCUT2D eigenvalue weighted by Gasteiger charge is 2.06. The van der Waals surface area contributed by atoms with Crippen LogP contribution in [0, 0.1) is 0 Å². The molecule has 4 nitrogen and oxygen atoms in total. The van der Waals surface area contributed by atoms with Crippen molar-refractivity contribution < 1.29 is 9.59 Å². The summed E-state index contributed by atoms with van der Waals surface area (Å²) in [5.41, 5.74) is 1.26. The minimum Gasteiger partial charge on any atom is -0.350 e. The van der Waals surface area contributed by atoms with Crippen LogP contribution in [0.4, 0.5) is 5.69 Å². The number of hydrogen-bond acceptors (Lipinski definition) is 2. The molecule has 1 rings (SSSR count). The minimum atomic E-state index is -0.121. The van der Waals surface area contributed by atoms with Crippen molar-refractivity contribution in [1.82, 2.24) is 5.32 Å². The molecule has 0 saturated carbocycles. The van der Waals surface area contributed by atoms with Crippen LogP contribution in [0.1, 0.15) is 24.2 Å². The molecule has 2 N–H and O–H groups in total. The lowest BCUT2D eigenvalue weighted by Crippen LogP contribution is -2.30. The third kappa shape index (κ3) is 4.56. The largest absolute Gasteiger partial charge is 0.350 e. The maximum Gasteiger partial charge on any atom is 0.251 e. The highest BCUT2D eigenvalue weighted by Crippen LogP contribution is 2.09. The highest BCUT2D eigenvalue weighted by molar-refractivity contribution is 9.09. The second-order valence-electron chi connectivity index (χ2n) is 3.89. The van der Waals surface area contributed by atoms with Crippen LogP contribution in [0.3, 0.4) is 0 Å². The molecule has 0 unspecified atom stereocenters. The second kappa shape index (κ2) is 6.39. The first-order valence-electron chi connectivity index (χ1n) is 5.29. The molecule has 0 heterocycles. The van der Waals surface area contributed by atoms with Crippen molar-refractivity contribution in [3.05, 3.63) is 29.8 Å². The number of rotatable bonds is 4. The number of carbonyl (C=O) groups excluding carboxylic acids is 2. The van der Waals surface area contributed by atoms with Gasteiger partial charge in [-0.3, -0.25) is 9.59 Å². The second-order valence-corrected chi connectivity index (χ2v) is 4.45. The van der Waals surface area contributed by atoms with E-state index >= 15 is 0 Å². The van der Waals surface area contributed by atoms with Crippen molar-refractivity contribution in [2.75, 3.05) is 10.6 Å². The van der Waals surface area contributed by atoms with Crippen LogP contribution < -0.4 is 10.6 Å². The van der Waals surface area contributed by atoms with Gasteiger partial charge < -0.3 is 10.6 Å². The van der Waals surface area contributed by atoms with Crippen molar-refractivity contribution in [3.63, 3.8) is 0 Å². The molecule has 0 atom stereocenters. The smallest absolute Gasteiger partial charge is 0.251 e. The molecular weight excluding hydrogens is 284 g/mol. The van der Waals surface area contributed by atoms with E-state index in [4.69, 9.17) is 0 Å². The van der Waals surface area contributed by atoms with E-state index in [-0.39, 0.29) is 23.2 Å². The van der Waals surface area contributed by atoms with E-state index in [0.29, 0.717) is 11.3 Å². The predicted octanol–water partition coefficient (Wildman–Crippen LogP) is 2.16. The molecule has 5 heteroatoms. The van der Waals surface area contributed by atoms with Gasteiger partial charge in [0.1, 0.15) is 0 Å². The molecule has 0 radical (unpaired) electrons. The van der Waals surface area contributed by atoms with Gasteiger partial charge in [0.25, 0.3) is 5.91 Å². The molecule has 92 valence electrons. The lowest BCUT2D eigenvalue weighted by atomic mass is 10.2. The predicted molar refractivity (Wildman–Crippen MR) is 71.5 cm³/mol. The van der Waals surface area contributed by atoms with E-state index in [0.717, 1.165) is 0 Å². The zero-order valence-electron chi connectivity index (χ0n) is 9.79. The van der Waals surface area contributed by atoms with Gasteiger partial charge in [-0.2, -0.15) is 0 Å². The summed E-state index contributed by atoms with van der Waals surface area (Å²) in [6.07, 6.45) is 0. The van der Waals surface area contributed by atoms with Gasteiger partial charge in [0, 0.05) is 17.3 Å². The Morgan fingerprint density at radius 3 is 2.29 bits per heavy atom. The number of nitrogens with one attached hydrogen (secondary N) is 2. The summed E-state index contributed by atoms with van der Waals surface area (Å²) < 4.78 is 0. The molecule has 0 aromatic heterocycles.